The lowest BCUT2D eigenvalue weighted by atomic mass is 10.3. The predicted molar refractivity (Wildman–Crippen MR) is 90.1 cm³/mol. The Morgan fingerprint density at radius 2 is 1.48 bits per heavy atom. The average Bonchev–Trinajstić information content (AvgIpc) is 2.53. The van der Waals surface area contributed by atoms with Crippen LogP contribution in [-0.4, -0.2) is 58.2 Å². The largest absolute Gasteiger partial charge is 0.171 e. The van der Waals surface area contributed by atoms with Crippen LogP contribution in [-0.2, 0) is 0 Å². The summed E-state index contributed by atoms with van der Waals surface area (Å²) in [5.74, 6) is 0. The van der Waals surface area contributed by atoms with Crippen LogP contribution in [0.3, 0.4) is 0 Å². The van der Waals surface area contributed by atoms with Gasteiger partial charge in [0.15, 0.2) is 5.70 Å². The quantitative estimate of drug-likeness (QED) is 0.274. The Bertz CT molecular complexity index is 364. The van der Waals surface area contributed by atoms with E-state index >= 15 is 0 Å². The highest BCUT2D eigenvalue weighted by atomic mass is 15.8. The van der Waals surface area contributed by atoms with Gasteiger partial charge in [0.1, 0.15) is 20.6 Å². The second kappa shape index (κ2) is 9.83. The Kier molecular flexibility index (Phi) is 9.36. The molecule has 0 aromatic heterocycles. The zero-order valence-electron chi connectivity index (χ0n) is 14.7. The van der Waals surface area contributed by atoms with Gasteiger partial charge in [-0.3, -0.25) is 0 Å². The molecule has 0 aromatic carbocycles. The Hall–Kier alpha value is -1.02. The van der Waals surface area contributed by atoms with Gasteiger partial charge in [-0.2, -0.15) is 15.6 Å². The van der Waals surface area contributed by atoms with Gasteiger partial charge in [-0.25, -0.2) is 0 Å². The fourth-order valence-electron chi connectivity index (χ4n) is 1.69. The Morgan fingerprint density at radius 3 is 1.90 bits per heavy atom. The van der Waals surface area contributed by atoms with Crippen LogP contribution in [0.15, 0.2) is 36.1 Å². The van der Waals surface area contributed by atoms with Gasteiger partial charge in [0, 0.05) is 34.3 Å². The Labute approximate surface area is 130 Å². The van der Waals surface area contributed by atoms with Gasteiger partial charge < -0.3 is 0 Å². The normalized spacial score (nSPS) is 14.5. The average molecular weight is 298 g/mol. The lowest BCUT2D eigenvalue weighted by Gasteiger charge is -2.30. The van der Waals surface area contributed by atoms with Gasteiger partial charge in [0.25, 0.3) is 0 Å². The number of rotatable bonds is 10. The molecule has 0 atom stereocenters. The van der Waals surface area contributed by atoms with Crippen molar-refractivity contribution in [3.05, 3.63) is 36.1 Å². The number of likely N-dealkylation sites (N-methyl/N-ethyl adjacent to an activating group) is 2. The smallest absolute Gasteiger partial charge is 0.171 e. The van der Waals surface area contributed by atoms with E-state index in [0.29, 0.717) is 9.40 Å². The highest BCUT2D eigenvalue weighted by molar-refractivity contribution is 5.18. The van der Waals surface area contributed by atoms with Crippen molar-refractivity contribution in [1.82, 2.24) is 21.7 Å². The maximum absolute atomic E-state index is 3.26. The van der Waals surface area contributed by atoms with E-state index in [1.54, 1.807) is 0 Å². The second-order valence-corrected chi connectivity index (χ2v) is 5.11. The molecule has 0 unspecified atom stereocenters. The van der Waals surface area contributed by atoms with Crippen molar-refractivity contribution in [2.24, 2.45) is 0 Å². The monoisotopic (exact) mass is 298 g/mol. The van der Waals surface area contributed by atoms with E-state index < -0.39 is 0 Å². The summed E-state index contributed by atoms with van der Waals surface area (Å²) < 4.78 is 1.04. The molecule has 21 heavy (non-hydrogen) atoms. The molecule has 0 aliphatic heterocycles. The molecule has 0 bridgehead atoms. The molecule has 0 aliphatic rings. The Morgan fingerprint density at radius 1 is 0.905 bits per heavy atom. The zero-order chi connectivity index (χ0) is 16.4. The van der Waals surface area contributed by atoms with Crippen molar-refractivity contribution in [3.8, 4) is 0 Å². The van der Waals surface area contributed by atoms with E-state index in [1.165, 1.54) is 0 Å². The van der Waals surface area contributed by atoms with E-state index in [4.69, 9.17) is 0 Å². The van der Waals surface area contributed by atoms with E-state index in [2.05, 4.69) is 73.1 Å². The van der Waals surface area contributed by atoms with Crippen LogP contribution >= 0.6 is 0 Å². The summed E-state index contributed by atoms with van der Waals surface area (Å²) >= 11 is 0. The molecule has 0 saturated carbocycles. The minimum Gasteiger partial charge on any atom is -0.171 e. The first kappa shape index (κ1) is 20.0. The van der Waals surface area contributed by atoms with E-state index in [0.717, 1.165) is 18.7 Å². The molecule has 6 nitrogen and oxygen atoms in total. The maximum atomic E-state index is 3.26. The first-order valence-electron chi connectivity index (χ1n) is 7.43. The highest BCUT2D eigenvalue weighted by Crippen LogP contribution is 2.09. The van der Waals surface area contributed by atoms with Crippen LogP contribution in [0.5, 0.6) is 0 Å². The first-order chi connectivity index (χ1) is 9.91. The molecule has 6 heteroatoms. The van der Waals surface area contributed by atoms with Crippen molar-refractivity contribution in [2.45, 2.75) is 13.3 Å². The molecule has 0 aliphatic carbocycles. The molecule has 0 amide bonds. The van der Waals surface area contributed by atoms with Gasteiger partial charge in [-0.1, -0.05) is 19.1 Å². The number of nitrogens with one attached hydrogen (secondary N) is 4. The van der Waals surface area contributed by atoms with Crippen molar-refractivity contribution >= 4 is 0 Å². The molecule has 0 saturated heterocycles. The zero-order valence-corrected chi connectivity index (χ0v) is 14.7. The third kappa shape index (κ3) is 6.52. The van der Waals surface area contributed by atoms with Gasteiger partial charge >= 0.3 is 0 Å². The van der Waals surface area contributed by atoms with Crippen molar-refractivity contribution in [2.75, 3.05) is 48.8 Å². The molecule has 0 fully saturated rings. The maximum Gasteiger partial charge on any atom is 0.171 e. The third-order valence-electron chi connectivity index (χ3n) is 3.80. The van der Waals surface area contributed by atoms with Crippen LogP contribution in [0.4, 0.5) is 0 Å². The first-order valence-corrected chi connectivity index (χ1v) is 7.43. The minimum atomic E-state index is 0.463. The number of hydrogen-bond acceptors (Lipinski definition) is 4. The van der Waals surface area contributed by atoms with Gasteiger partial charge in [0.2, 0.25) is 0 Å². The lowest BCUT2D eigenvalue weighted by Crippen LogP contribution is -2.60. The summed E-state index contributed by atoms with van der Waals surface area (Å²) in [7, 11) is 11.9. The van der Waals surface area contributed by atoms with Crippen LogP contribution in [0.2, 0.25) is 0 Å². The lowest BCUT2D eigenvalue weighted by molar-refractivity contribution is -0.983. The number of nitrogens with zero attached hydrogens (tertiary/aromatic N) is 2. The molecule has 4 N–H and O–H groups in total. The molecule has 0 heterocycles. The molecular formula is C15H34N6+2. The molecule has 0 rings (SSSR count). The summed E-state index contributed by atoms with van der Waals surface area (Å²) in [6.07, 6.45) is 11.7. The fraction of sp³-hybridized carbons (Fsp3) is 0.600. The topological polar surface area (TPSA) is 48.1 Å². The van der Waals surface area contributed by atoms with Crippen LogP contribution in [0, 0.1) is 0 Å². The van der Waals surface area contributed by atoms with E-state index in [9.17, 15) is 0 Å². The second-order valence-electron chi connectivity index (χ2n) is 5.11. The molecule has 0 aromatic rings. The minimum absolute atomic E-state index is 0.463. The summed E-state index contributed by atoms with van der Waals surface area (Å²) in [5.41, 5.74) is 14.1. The SMILES string of the molecule is CC\C=C/C(=C\C=C/C[N+](C)(NC)NC)[N+](C)(NC)NC. The number of allylic oxidation sites excluding steroid dienone is 4. The molecule has 122 valence electrons. The summed E-state index contributed by atoms with van der Waals surface area (Å²) in [5, 5.41) is 0. The van der Waals surface area contributed by atoms with Gasteiger partial charge in [-0.05, 0) is 18.6 Å². The predicted octanol–water partition coefficient (Wildman–Crippen LogP) is 0.824. The van der Waals surface area contributed by atoms with Gasteiger partial charge in [-0.15, -0.1) is 15.6 Å². The van der Waals surface area contributed by atoms with Crippen LogP contribution in [0.1, 0.15) is 13.3 Å². The molecule has 0 radical (unpaired) electrons. The van der Waals surface area contributed by atoms with Crippen molar-refractivity contribution < 1.29 is 9.40 Å². The number of quaternary nitrogens is 2. The van der Waals surface area contributed by atoms with E-state index in [-0.39, 0.29) is 0 Å². The highest BCUT2D eigenvalue weighted by Gasteiger charge is 2.22. The summed E-state index contributed by atoms with van der Waals surface area (Å²) in [6, 6.07) is 0. The summed E-state index contributed by atoms with van der Waals surface area (Å²) in [4.78, 5) is 0. The van der Waals surface area contributed by atoms with Crippen molar-refractivity contribution in [3.63, 3.8) is 0 Å². The third-order valence-corrected chi connectivity index (χ3v) is 3.80. The molecule has 0 spiro atoms. The Balaban J connectivity index is 5.06. The fourth-order valence-corrected chi connectivity index (χ4v) is 1.69. The van der Waals surface area contributed by atoms with E-state index in [1.807, 2.05) is 28.2 Å². The van der Waals surface area contributed by atoms with Crippen molar-refractivity contribution in [1.29, 1.82) is 0 Å². The number of hydrogen-bond donors (Lipinski definition) is 4. The van der Waals surface area contributed by atoms with Crippen LogP contribution < -0.4 is 21.7 Å². The summed E-state index contributed by atoms with van der Waals surface area (Å²) in [6.45, 7) is 2.98. The molecular weight excluding hydrogens is 264 g/mol. The van der Waals surface area contributed by atoms with Crippen LogP contribution in [0.25, 0.3) is 0 Å². The van der Waals surface area contributed by atoms with Gasteiger partial charge in [0.05, 0.1) is 0 Å². The standard InChI is InChI=1S/C15H34N6/c1-8-9-12-15(21(7,18-4)19-5)13-10-11-14-20(6,16-2)17-3/h9-13,16-19H,8,14H2,1-7H3/q+2/b11-10-,12-9-,15-13+.